The van der Waals surface area contributed by atoms with Gasteiger partial charge in [-0.1, -0.05) is 25.7 Å². The highest BCUT2D eigenvalue weighted by Crippen LogP contribution is 2.27. The lowest BCUT2D eigenvalue weighted by atomic mass is 9.89. The predicted molar refractivity (Wildman–Crippen MR) is 69.2 cm³/mol. The van der Waals surface area contributed by atoms with Crippen molar-refractivity contribution in [2.75, 3.05) is 0 Å². The molecule has 98 valence electrons. The number of nitrogens with two attached hydrogens (primary N) is 1. The highest BCUT2D eigenvalue weighted by Gasteiger charge is 2.35. The standard InChI is InChI=1S/C12H24N4O/c1-9(2)15-11(17)16-12(10(13)14)7-5-3-4-6-8-12/h9H,3-8H2,1-2H3,(H3,13,14)(H2,15,16,17). The van der Waals surface area contributed by atoms with E-state index in [1.54, 1.807) is 0 Å². The van der Waals surface area contributed by atoms with Crippen molar-refractivity contribution in [1.82, 2.24) is 10.6 Å². The lowest BCUT2D eigenvalue weighted by molar-refractivity contribution is 0.227. The summed E-state index contributed by atoms with van der Waals surface area (Å²) in [6.07, 6.45) is 5.88. The molecule has 0 bridgehead atoms. The summed E-state index contributed by atoms with van der Waals surface area (Å²) in [6.45, 7) is 3.82. The normalized spacial score (nSPS) is 19.5. The van der Waals surface area contributed by atoms with Gasteiger partial charge in [0.05, 0.1) is 5.54 Å². The van der Waals surface area contributed by atoms with Gasteiger partial charge in [0.2, 0.25) is 0 Å². The van der Waals surface area contributed by atoms with Crippen molar-refractivity contribution in [2.45, 2.75) is 64.0 Å². The molecule has 0 aromatic heterocycles. The van der Waals surface area contributed by atoms with Gasteiger partial charge in [-0.3, -0.25) is 5.41 Å². The molecule has 0 aromatic carbocycles. The topological polar surface area (TPSA) is 91.0 Å². The van der Waals surface area contributed by atoms with Crippen molar-refractivity contribution in [2.24, 2.45) is 5.73 Å². The molecule has 5 nitrogen and oxygen atoms in total. The first-order valence-corrected chi connectivity index (χ1v) is 6.39. The first kappa shape index (κ1) is 13.8. The summed E-state index contributed by atoms with van der Waals surface area (Å²) < 4.78 is 0. The zero-order valence-corrected chi connectivity index (χ0v) is 10.8. The van der Waals surface area contributed by atoms with E-state index in [1.807, 2.05) is 13.8 Å². The molecule has 1 aliphatic rings. The number of amides is 2. The van der Waals surface area contributed by atoms with Crippen LogP contribution < -0.4 is 16.4 Å². The predicted octanol–water partition coefficient (Wildman–Crippen LogP) is 1.72. The van der Waals surface area contributed by atoms with E-state index in [9.17, 15) is 4.79 Å². The minimum Gasteiger partial charge on any atom is -0.386 e. The van der Waals surface area contributed by atoms with Gasteiger partial charge in [-0.25, -0.2) is 4.79 Å². The summed E-state index contributed by atoms with van der Waals surface area (Å²) in [5.41, 5.74) is 5.06. The fraction of sp³-hybridized carbons (Fsp3) is 0.833. The zero-order chi connectivity index (χ0) is 12.9. The van der Waals surface area contributed by atoms with Crippen LogP contribution in [0.4, 0.5) is 4.79 Å². The Morgan fingerprint density at radius 3 is 2.18 bits per heavy atom. The zero-order valence-electron chi connectivity index (χ0n) is 10.8. The molecule has 0 atom stereocenters. The van der Waals surface area contributed by atoms with Gasteiger partial charge < -0.3 is 16.4 Å². The summed E-state index contributed by atoms with van der Waals surface area (Å²) in [6, 6.07) is -0.137. The van der Waals surface area contributed by atoms with Crippen LogP contribution in [0.15, 0.2) is 0 Å². The summed E-state index contributed by atoms with van der Waals surface area (Å²) in [5, 5.41) is 13.4. The summed E-state index contributed by atoms with van der Waals surface area (Å²) in [5.74, 6) is 0.0818. The second-order valence-electron chi connectivity index (χ2n) is 5.16. The maximum absolute atomic E-state index is 11.8. The molecule has 1 saturated carbocycles. The average Bonchev–Trinajstić information content (AvgIpc) is 2.42. The molecule has 5 N–H and O–H groups in total. The van der Waals surface area contributed by atoms with E-state index in [2.05, 4.69) is 10.6 Å². The number of carbonyl (C=O) groups excluding carboxylic acids is 1. The Labute approximate surface area is 103 Å². The van der Waals surface area contributed by atoms with Crippen LogP contribution in [0.25, 0.3) is 0 Å². The van der Waals surface area contributed by atoms with E-state index in [0.717, 1.165) is 38.5 Å². The minimum absolute atomic E-state index is 0.0818. The Bertz CT molecular complexity index is 280. The quantitative estimate of drug-likeness (QED) is 0.344. The Kier molecular flexibility index (Phi) is 4.78. The van der Waals surface area contributed by atoms with Crippen LogP contribution in [0.5, 0.6) is 0 Å². The lowest BCUT2D eigenvalue weighted by Gasteiger charge is -2.33. The molecule has 1 fully saturated rings. The molecule has 2 amide bonds. The second-order valence-corrected chi connectivity index (χ2v) is 5.16. The van der Waals surface area contributed by atoms with Gasteiger partial charge in [0.15, 0.2) is 0 Å². The highest BCUT2D eigenvalue weighted by atomic mass is 16.2. The second kappa shape index (κ2) is 5.89. The Morgan fingerprint density at radius 1 is 1.24 bits per heavy atom. The Hall–Kier alpha value is -1.26. The molecule has 0 radical (unpaired) electrons. The van der Waals surface area contributed by atoms with Crippen LogP contribution in [0.1, 0.15) is 52.4 Å². The van der Waals surface area contributed by atoms with Gasteiger partial charge in [-0.05, 0) is 26.7 Å². The molecule has 0 aliphatic heterocycles. The van der Waals surface area contributed by atoms with Crippen molar-refractivity contribution < 1.29 is 4.79 Å². The van der Waals surface area contributed by atoms with E-state index >= 15 is 0 Å². The number of urea groups is 1. The molecule has 0 spiro atoms. The van der Waals surface area contributed by atoms with Gasteiger partial charge in [0, 0.05) is 6.04 Å². The van der Waals surface area contributed by atoms with Crippen LogP contribution in [0.3, 0.4) is 0 Å². The van der Waals surface area contributed by atoms with Gasteiger partial charge in [0.25, 0.3) is 0 Å². The minimum atomic E-state index is -0.629. The molecule has 17 heavy (non-hydrogen) atoms. The van der Waals surface area contributed by atoms with E-state index in [-0.39, 0.29) is 17.9 Å². The number of nitrogens with one attached hydrogen (secondary N) is 3. The van der Waals surface area contributed by atoms with Gasteiger partial charge in [0.1, 0.15) is 5.84 Å². The van der Waals surface area contributed by atoms with Crippen molar-refractivity contribution in [3.8, 4) is 0 Å². The molecule has 1 rings (SSSR count). The molecule has 0 heterocycles. The molecule has 1 aliphatic carbocycles. The molecule has 0 saturated heterocycles. The maximum atomic E-state index is 11.8. The summed E-state index contributed by atoms with van der Waals surface area (Å²) in [4.78, 5) is 11.8. The third-order valence-electron chi connectivity index (χ3n) is 3.25. The summed E-state index contributed by atoms with van der Waals surface area (Å²) in [7, 11) is 0. The van der Waals surface area contributed by atoms with Gasteiger partial charge >= 0.3 is 6.03 Å². The molecule has 0 aromatic rings. The van der Waals surface area contributed by atoms with Crippen molar-refractivity contribution in [3.63, 3.8) is 0 Å². The highest BCUT2D eigenvalue weighted by molar-refractivity contribution is 5.91. The van der Waals surface area contributed by atoms with Crippen molar-refractivity contribution in [1.29, 1.82) is 5.41 Å². The molecular formula is C12H24N4O. The van der Waals surface area contributed by atoms with E-state index in [4.69, 9.17) is 11.1 Å². The Balaban J connectivity index is 2.70. The lowest BCUT2D eigenvalue weighted by Crippen LogP contribution is -2.59. The number of hydrogen-bond acceptors (Lipinski definition) is 2. The molecule has 0 unspecified atom stereocenters. The van der Waals surface area contributed by atoms with Gasteiger partial charge in [-0.2, -0.15) is 0 Å². The van der Waals surface area contributed by atoms with Crippen LogP contribution in [0.2, 0.25) is 0 Å². The number of carbonyl (C=O) groups is 1. The number of rotatable bonds is 3. The van der Waals surface area contributed by atoms with Crippen LogP contribution in [-0.4, -0.2) is 23.4 Å². The Morgan fingerprint density at radius 2 is 1.76 bits per heavy atom. The monoisotopic (exact) mass is 240 g/mol. The first-order chi connectivity index (χ1) is 7.96. The largest absolute Gasteiger partial charge is 0.386 e. The third kappa shape index (κ3) is 3.91. The third-order valence-corrected chi connectivity index (χ3v) is 3.25. The van der Waals surface area contributed by atoms with E-state index in [0.29, 0.717) is 0 Å². The van der Waals surface area contributed by atoms with Crippen molar-refractivity contribution >= 4 is 11.9 Å². The van der Waals surface area contributed by atoms with Crippen LogP contribution in [-0.2, 0) is 0 Å². The van der Waals surface area contributed by atoms with Crippen LogP contribution >= 0.6 is 0 Å². The maximum Gasteiger partial charge on any atom is 0.315 e. The smallest absolute Gasteiger partial charge is 0.315 e. The molecular weight excluding hydrogens is 216 g/mol. The van der Waals surface area contributed by atoms with Crippen LogP contribution in [0, 0.1) is 5.41 Å². The van der Waals surface area contributed by atoms with Crippen molar-refractivity contribution in [3.05, 3.63) is 0 Å². The molecule has 5 heteroatoms. The fourth-order valence-electron chi connectivity index (χ4n) is 2.31. The average molecular weight is 240 g/mol. The first-order valence-electron chi connectivity index (χ1n) is 6.39. The van der Waals surface area contributed by atoms with Gasteiger partial charge in [-0.15, -0.1) is 0 Å². The number of amidine groups is 1. The SMILES string of the molecule is CC(C)NC(=O)NC1(C(=N)N)CCCCCC1. The number of hydrogen-bond donors (Lipinski definition) is 4. The van der Waals surface area contributed by atoms with E-state index < -0.39 is 5.54 Å². The fourth-order valence-corrected chi connectivity index (χ4v) is 2.31. The summed E-state index contributed by atoms with van der Waals surface area (Å²) >= 11 is 0. The van der Waals surface area contributed by atoms with E-state index in [1.165, 1.54) is 0 Å².